The molecule has 0 fully saturated rings. The number of aliphatic hydroxyl groups excluding tert-OH is 1. The van der Waals surface area contributed by atoms with Crippen LogP contribution in [0.3, 0.4) is 0 Å². The zero-order valence-electron chi connectivity index (χ0n) is 20.0. The molecule has 1 N–H and O–H groups in total. The van der Waals surface area contributed by atoms with Crippen molar-refractivity contribution in [1.29, 1.82) is 0 Å². The van der Waals surface area contributed by atoms with E-state index in [4.69, 9.17) is 4.98 Å². The molecule has 0 bridgehead atoms. The van der Waals surface area contributed by atoms with Crippen molar-refractivity contribution in [2.75, 3.05) is 19.6 Å². The Hall–Kier alpha value is -2.23. The lowest BCUT2D eigenvalue weighted by Crippen LogP contribution is -2.31. The molecule has 0 aliphatic carbocycles. The summed E-state index contributed by atoms with van der Waals surface area (Å²) in [5, 5.41) is 12.4. The number of rotatable bonds is 14. The van der Waals surface area contributed by atoms with Gasteiger partial charge in [0.15, 0.2) is 0 Å². The normalized spacial score (nSPS) is 12.5. The number of pyridine rings is 1. The SMILES string of the molecule is CCCCCCN(CCCCCC)C[C@@H](O)c1cc(-c2ccccc2)nc2ccccc12. The molecule has 0 aliphatic heterocycles. The van der Waals surface area contributed by atoms with E-state index in [0.29, 0.717) is 6.54 Å². The molecule has 1 heterocycles. The molecule has 0 saturated heterocycles. The molecule has 1 aromatic heterocycles. The third kappa shape index (κ3) is 7.15. The lowest BCUT2D eigenvalue weighted by atomic mass is 9.99. The Kier molecular flexibility index (Phi) is 10.2. The maximum Gasteiger partial charge on any atom is 0.0924 e. The molecule has 0 aliphatic rings. The van der Waals surface area contributed by atoms with Crippen molar-refractivity contribution >= 4 is 10.9 Å². The molecule has 0 spiro atoms. The van der Waals surface area contributed by atoms with E-state index in [1.54, 1.807) is 0 Å². The van der Waals surface area contributed by atoms with Crippen molar-refractivity contribution in [2.24, 2.45) is 0 Å². The Bertz CT molecular complexity index is 913. The Morgan fingerprint density at radius 1 is 0.781 bits per heavy atom. The molecule has 3 heteroatoms. The summed E-state index contributed by atoms with van der Waals surface area (Å²) < 4.78 is 0. The van der Waals surface area contributed by atoms with Gasteiger partial charge < -0.3 is 10.0 Å². The van der Waals surface area contributed by atoms with Crippen LogP contribution in [-0.4, -0.2) is 34.6 Å². The summed E-state index contributed by atoms with van der Waals surface area (Å²) in [7, 11) is 0. The zero-order valence-corrected chi connectivity index (χ0v) is 20.0. The number of aliphatic hydroxyl groups is 1. The molecule has 0 unspecified atom stereocenters. The van der Waals surface area contributed by atoms with Crippen LogP contribution in [0.15, 0.2) is 60.7 Å². The van der Waals surface area contributed by atoms with E-state index in [1.165, 1.54) is 51.4 Å². The summed E-state index contributed by atoms with van der Waals surface area (Å²) in [5.74, 6) is 0. The van der Waals surface area contributed by atoms with E-state index < -0.39 is 6.10 Å². The highest BCUT2D eigenvalue weighted by molar-refractivity contribution is 5.85. The second-order valence-corrected chi connectivity index (χ2v) is 8.92. The molecule has 172 valence electrons. The smallest absolute Gasteiger partial charge is 0.0924 e. The highest BCUT2D eigenvalue weighted by Gasteiger charge is 2.18. The third-order valence-corrected chi connectivity index (χ3v) is 6.26. The zero-order chi connectivity index (χ0) is 22.6. The predicted molar refractivity (Wildman–Crippen MR) is 137 cm³/mol. The van der Waals surface area contributed by atoms with Crippen molar-refractivity contribution in [3.8, 4) is 11.3 Å². The molecular formula is C29H40N2O. The van der Waals surface area contributed by atoms with Crippen LogP contribution >= 0.6 is 0 Å². The van der Waals surface area contributed by atoms with Crippen LogP contribution in [0.1, 0.15) is 76.9 Å². The molecule has 32 heavy (non-hydrogen) atoms. The number of aromatic nitrogens is 1. The van der Waals surface area contributed by atoms with Gasteiger partial charge in [-0.15, -0.1) is 0 Å². The fourth-order valence-corrected chi connectivity index (χ4v) is 4.40. The molecule has 1 atom stereocenters. The largest absolute Gasteiger partial charge is 0.387 e. The van der Waals surface area contributed by atoms with Crippen LogP contribution in [0.2, 0.25) is 0 Å². The number of unbranched alkanes of at least 4 members (excludes halogenated alkanes) is 6. The van der Waals surface area contributed by atoms with Gasteiger partial charge in [0, 0.05) is 17.5 Å². The van der Waals surface area contributed by atoms with Gasteiger partial charge in [0.05, 0.1) is 17.3 Å². The minimum absolute atomic E-state index is 0.525. The first kappa shape index (κ1) is 24.4. The molecule has 3 aromatic rings. The Morgan fingerprint density at radius 3 is 2.06 bits per heavy atom. The predicted octanol–water partition coefficient (Wildman–Crippen LogP) is 7.40. The van der Waals surface area contributed by atoms with Gasteiger partial charge in [0.2, 0.25) is 0 Å². The first-order valence-corrected chi connectivity index (χ1v) is 12.6. The van der Waals surface area contributed by atoms with Crippen molar-refractivity contribution in [1.82, 2.24) is 9.88 Å². The molecule has 0 saturated carbocycles. The lowest BCUT2D eigenvalue weighted by molar-refractivity contribution is 0.111. The Morgan fingerprint density at radius 2 is 1.41 bits per heavy atom. The lowest BCUT2D eigenvalue weighted by Gasteiger charge is -2.26. The quantitative estimate of drug-likeness (QED) is 0.270. The van der Waals surface area contributed by atoms with Gasteiger partial charge in [-0.3, -0.25) is 0 Å². The molecule has 0 radical (unpaired) electrons. The fraction of sp³-hybridized carbons (Fsp3) is 0.483. The monoisotopic (exact) mass is 432 g/mol. The van der Waals surface area contributed by atoms with Crippen LogP contribution in [0.4, 0.5) is 0 Å². The van der Waals surface area contributed by atoms with Gasteiger partial charge >= 0.3 is 0 Å². The summed E-state index contributed by atoms with van der Waals surface area (Å²) in [5.41, 5.74) is 3.94. The van der Waals surface area contributed by atoms with E-state index in [9.17, 15) is 5.11 Å². The minimum Gasteiger partial charge on any atom is -0.387 e. The molecule has 3 rings (SSSR count). The average molecular weight is 433 g/mol. The van der Waals surface area contributed by atoms with Gasteiger partial charge in [-0.25, -0.2) is 4.98 Å². The second-order valence-electron chi connectivity index (χ2n) is 8.92. The van der Waals surface area contributed by atoms with Gasteiger partial charge in [-0.1, -0.05) is 101 Å². The number of fused-ring (bicyclic) bond motifs is 1. The maximum absolute atomic E-state index is 11.4. The first-order chi connectivity index (χ1) is 15.7. The number of para-hydroxylation sites is 1. The van der Waals surface area contributed by atoms with Gasteiger partial charge in [0.25, 0.3) is 0 Å². The van der Waals surface area contributed by atoms with Crippen molar-refractivity contribution in [2.45, 2.75) is 71.3 Å². The maximum atomic E-state index is 11.4. The Labute approximate surface area is 194 Å². The molecule has 0 amide bonds. The number of benzene rings is 2. The van der Waals surface area contributed by atoms with E-state index in [1.807, 2.05) is 36.4 Å². The summed E-state index contributed by atoms with van der Waals surface area (Å²) in [6, 6.07) is 20.6. The summed E-state index contributed by atoms with van der Waals surface area (Å²) in [4.78, 5) is 7.36. The average Bonchev–Trinajstić information content (AvgIpc) is 2.84. The molecule has 2 aromatic carbocycles. The van der Waals surface area contributed by atoms with Crippen LogP contribution in [-0.2, 0) is 0 Å². The standard InChI is InChI=1S/C29H40N2O/c1-3-5-7-14-20-31(21-15-8-6-4-2)23-29(32)26-22-28(24-16-10-9-11-17-24)30-27-19-13-12-18-25(26)27/h9-13,16-19,22,29,32H,3-8,14-15,20-21,23H2,1-2H3/t29-/m1/s1. The number of nitrogens with zero attached hydrogens (tertiary/aromatic N) is 2. The fourth-order valence-electron chi connectivity index (χ4n) is 4.40. The van der Waals surface area contributed by atoms with Crippen molar-refractivity contribution in [3.05, 3.63) is 66.2 Å². The van der Waals surface area contributed by atoms with Crippen LogP contribution in [0, 0.1) is 0 Å². The molecular weight excluding hydrogens is 392 g/mol. The third-order valence-electron chi connectivity index (χ3n) is 6.26. The van der Waals surface area contributed by atoms with Crippen molar-refractivity contribution < 1.29 is 5.11 Å². The summed E-state index contributed by atoms with van der Waals surface area (Å²) in [6.07, 6.45) is 9.53. The van der Waals surface area contributed by atoms with Gasteiger partial charge in [0.1, 0.15) is 0 Å². The van der Waals surface area contributed by atoms with E-state index in [-0.39, 0.29) is 0 Å². The highest BCUT2D eigenvalue weighted by atomic mass is 16.3. The first-order valence-electron chi connectivity index (χ1n) is 12.6. The minimum atomic E-state index is -0.525. The van der Waals surface area contributed by atoms with E-state index in [0.717, 1.165) is 40.8 Å². The van der Waals surface area contributed by atoms with Crippen molar-refractivity contribution in [3.63, 3.8) is 0 Å². The number of hydrogen-bond donors (Lipinski definition) is 1. The van der Waals surface area contributed by atoms with Gasteiger partial charge in [-0.2, -0.15) is 0 Å². The van der Waals surface area contributed by atoms with Crippen LogP contribution < -0.4 is 0 Å². The highest BCUT2D eigenvalue weighted by Crippen LogP contribution is 2.29. The summed E-state index contributed by atoms with van der Waals surface area (Å²) in [6.45, 7) is 7.33. The van der Waals surface area contributed by atoms with E-state index in [2.05, 4.69) is 43.0 Å². The Balaban J connectivity index is 1.81. The van der Waals surface area contributed by atoms with E-state index >= 15 is 0 Å². The topological polar surface area (TPSA) is 36.4 Å². The van der Waals surface area contributed by atoms with Crippen LogP contribution in [0.25, 0.3) is 22.2 Å². The van der Waals surface area contributed by atoms with Gasteiger partial charge in [-0.05, 0) is 43.6 Å². The van der Waals surface area contributed by atoms with Crippen LogP contribution in [0.5, 0.6) is 0 Å². The number of hydrogen-bond acceptors (Lipinski definition) is 3. The molecule has 3 nitrogen and oxygen atoms in total. The summed E-state index contributed by atoms with van der Waals surface area (Å²) >= 11 is 0. The second kappa shape index (κ2) is 13.3.